The normalized spacial score (nSPS) is 11.0. The summed E-state index contributed by atoms with van der Waals surface area (Å²) < 4.78 is 13.3. The van der Waals surface area contributed by atoms with Gasteiger partial charge in [0.2, 0.25) is 5.28 Å². The second kappa shape index (κ2) is 7.02. The third-order valence-electron chi connectivity index (χ3n) is 4.17. The van der Waals surface area contributed by atoms with E-state index in [0.29, 0.717) is 6.54 Å². The highest BCUT2D eigenvalue weighted by molar-refractivity contribution is 7.17. The van der Waals surface area contributed by atoms with E-state index in [1.165, 1.54) is 29.0 Å². The lowest BCUT2D eigenvalue weighted by Crippen LogP contribution is -2.18. The number of anilines is 1. The van der Waals surface area contributed by atoms with Crippen LogP contribution in [0, 0.1) is 5.82 Å². The molecule has 0 fully saturated rings. The number of thiophene rings is 1. The fourth-order valence-electron chi connectivity index (χ4n) is 2.95. The third-order valence-corrected chi connectivity index (χ3v) is 5.21. The molecule has 2 aromatic carbocycles. The van der Waals surface area contributed by atoms with Gasteiger partial charge in [0.05, 0.1) is 5.39 Å². The molecule has 2 heterocycles. The molecule has 0 aliphatic carbocycles. The first-order chi connectivity index (χ1) is 12.6. The molecular formula is C20H15ClFN3S. The van der Waals surface area contributed by atoms with Gasteiger partial charge in [0.15, 0.2) is 0 Å². The average Bonchev–Trinajstić information content (AvgIpc) is 3.06. The van der Waals surface area contributed by atoms with Crippen LogP contribution in [-0.2, 0) is 6.54 Å². The molecular weight excluding hydrogens is 369 g/mol. The van der Waals surface area contributed by atoms with Crippen LogP contribution in [0.1, 0.15) is 5.56 Å². The molecule has 0 saturated heterocycles. The van der Waals surface area contributed by atoms with Crippen LogP contribution in [0.15, 0.2) is 60.0 Å². The summed E-state index contributed by atoms with van der Waals surface area (Å²) in [5.74, 6) is 0.512. The van der Waals surface area contributed by atoms with Crippen molar-refractivity contribution in [2.75, 3.05) is 11.9 Å². The van der Waals surface area contributed by atoms with Gasteiger partial charge in [-0.05, 0) is 34.9 Å². The van der Waals surface area contributed by atoms with Crippen LogP contribution in [0.3, 0.4) is 0 Å². The van der Waals surface area contributed by atoms with Crippen molar-refractivity contribution >= 4 is 39.0 Å². The lowest BCUT2D eigenvalue weighted by molar-refractivity contribution is 0.628. The van der Waals surface area contributed by atoms with Crippen molar-refractivity contribution in [3.05, 3.63) is 76.6 Å². The smallest absolute Gasteiger partial charge is 0.225 e. The van der Waals surface area contributed by atoms with Crippen LogP contribution in [0.2, 0.25) is 5.28 Å². The van der Waals surface area contributed by atoms with Crippen molar-refractivity contribution in [1.82, 2.24) is 9.97 Å². The van der Waals surface area contributed by atoms with E-state index < -0.39 is 0 Å². The van der Waals surface area contributed by atoms with Gasteiger partial charge in [-0.2, -0.15) is 4.98 Å². The minimum atomic E-state index is -0.256. The van der Waals surface area contributed by atoms with Gasteiger partial charge >= 0.3 is 0 Å². The molecule has 6 heteroatoms. The predicted octanol–water partition coefficient (Wildman–Crippen LogP) is 5.79. The molecule has 0 N–H and O–H groups in total. The topological polar surface area (TPSA) is 29.0 Å². The average molecular weight is 384 g/mol. The van der Waals surface area contributed by atoms with E-state index in [4.69, 9.17) is 11.6 Å². The zero-order valence-electron chi connectivity index (χ0n) is 14.0. The lowest BCUT2D eigenvalue weighted by atomic mass is 10.1. The van der Waals surface area contributed by atoms with Gasteiger partial charge in [0, 0.05) is 24.5 Å². The molecule has 0 amide bonds. The number of fused-ring (bicyclic) bond motifs is 1. The highest BCUT2D eigenvalue weighted by Gasteiger charge is 2.18. The van der Waals surface area contributed by atoms with Crippen molar-refractivity contribution in [3.63, 3.8) is 0 Å². The van der Waals surface area contributed by atoms with E-state index >= 15 is 0 Å². The van der Waals surface area contributed by atoms with Crippen molar-refractivity contribution in [1.29, 1.82) is 0 Å². The van der Waals surface area contributed by atoms with Gasteiger partial charge in [-0.1, -0.05) is 42.5 Å². The summed E-state index contributed by atoms with van der Waals surface area (Å²) >= 11 is 7.66. The molecule has 0 atom stereocenters. The number of halogens is 2. The molecule has 0 aliphatic rings. The Bertz CT molecular complexity index is 1050. The lowest BCUT2D eigenvalue weighted by Gasteiger charge is -2.20. The van der Waals surface area contributed by atoms with Crippen LogP contribution in [-0.4, -0.2) is 17.0 Å². The Morgan fingerprint density at radius 3 is 2.50 bits per heavy atom. The number of aromatic nitrogens is 2. The Morgan fingerprint density at radius 2 is 1.77 bits per heavy atom. The Morgan fingerprint density at radius 1 is 1.04 bits per heavy atom. The van der Waals surface area contributed by atoms with E-state index in [-0.39, 0.29) is 11.1 Å². The summed E-state index contributed by atoms with van der Waals surface area (Å²) in [6.07, 6.45) is 0. The number of rotatable bonds is 4. The van der Waals surface area contributed by atoms with E-state index in [2.05, 4.69) is 27.0 Å². The summed E-state index contributed by atoms with van der Waals surface area (Å²) in [4.78, 5) is 11.7. The zero-order chi connectivity index (χ0) is 18.1. The van der Waals surface area contributed by atoms with Gasteiger partial charge in [-0.15, -0.1) is 11.3 Å². The zero-order valence-corrected chi connectivity index (χ0v) is 15.6. The van der Waals surface area contributed by atoms with E-state index in [1.54, 1.807) is 12.1 Å². The summed E-state index contributed by atoms with van der Waals surface area (Å²) in [5.41, 5.74) is 3.09. The number of benzene rings is 2. The van der Waals surface area contributed by atoms with Gasteiger partial charge in [0.25, 0.3) is 0 Å². The first-order valence-corrected chi connectivity index (χ1v) is 9.33. The third kappa shape index (κ3) is 3.28. The van der Waals surface area contributed by atoms with Gasteiger partial charge in [-0.25, -0.2) is 9.37 Å². The fourth-order valence-corrected chi connectivity index (χ4v) is 4.10. The molecule has 0 unspecified atom stereocenters. The van der Waals surface area contributed by atoms with Crippen LogP contribution in [0.25, 0.3) is 21.3 Å². The minimum absolute atomic E-state index is 0.222. The fraction of sp³-hybridized carbons (Fsp3) is 0.100. The van der Waals surface area contributed by atoms with Gasteiger partial charge < -0.3 is 4.90 Å². The van der Waals surface area contributed by atoms with Crippen molar-refractivity contribution in [3.8, 4) is 11.1 Å². The van der Waals surface area contributed by atoms with Crippen molar-refractivity contribution < 1.29 is 4.39 Å². The molecule has 0 spiro atoms. The summed E-state index contributed by atoms with van der Waals surface area (Å²) in [6.45, 7) is 0.696. The molecule has 0 aliphatic heterocycles. The maximum atomic E-state index is 13.3. The number of nitrogens with zero attached hydrogens (tertiary/aromatic N) is 3. The van der Waals surface area contributed by atoms with Crippen LogP contribution in [0.4, 0.5) is 10.2 Å². The monoisotopic (exact) mass is 383 g/mol. The first-order valence-electron chi connectivity index (χ1n) is 8.07. The van der Waals surface area contributed by atoms with E-state index in [9.17, 15) is 4.39 Å². The molecule has 0 bridgehead atoms. The Labute approximate surface area is 159 Å². The van der Waals surface area contributed by atoms with Gasteiger partial charge in [0.1, 0.15) is 16.5 Å². The van der Waals surface area contributed by atoms with Crippen LogP contribution < -0.4 is 4.90 Å². The second-order valence-electron chi connectivity index (χ2n) is 5.99. The van der Waals surface area contributed by atoms with Crippen molar-refractivity contribution in [2.45, 2.75) is 6.54 Å². The second-order valence-corrected chi connectivity index (χ2v) is 7.19. The minimum Gasteiger partial charge on any atom is -0.355 e. The quantitative estimate of drug-likeness (QED) is 0.418. The summed E-state index contributed by atoms with van der Waals surface area (Å²) in [7, 11) is 1.98. The number of hydrogen-bond acceptors (Lipinski definition) is 4. The maximum absolute atomic E-state index is 13.3. The molecule has 4 aromatic rings. The Balaban J connectivity index is 1.82. The van der Waals surface area contributed by atoms with E-state index in [0.717, 1.165) is 27.2 Å². The Hall–Kier alpha value is -2.50. The predicted molar refractivity (Wildman–Crippen MR) is 106 cm³/mol. The molecule has 130 valence electrons. The highest BCUT2D eigenvalue weighted by Crippen LogP contribution is 2.39. The molecule has 0 radical (unpaired) electrons. The molecule has 4 rings (SSSR count). The molecule has 2 aromatic heterocycles. The number of hydrogen-bond donors (Lipinski definition) is 0. The van der Waals surface area contributed by atoms with Crippen molar-refractivity contribution in [2.24, 2.45) is 0 Å². The van der Waals surface area contributed by atoms with Crippen LogP contribution in [0.5, 0.6) is 0 Å². The molecule has 26 heavy (non-hydrogen) atoms. The van der Waals surface area contributed by atoms with Gasteiger partial charge in [-0.3, -0.25) is 0 Å². The van der Waals surface area contributed by atoms with E-state index in [1.807, 2.05) is 30.6 Å². The Kier molecular flexibility index (Phi) is 4.57. The maximum Gasteiger partial charge on any atom is 0.225 e. The molecule has 0 saturated carbocycles. The SMILES string of the molecule is CN(Cc1ccccc1)c1nc(Cl)nc2scc(-c3ccc(F)cc3)c12. The molecule has 3 nitrogen and oxygen atoms in total. The largest absolute Gasteiger partial charge is 0.355 e. The first kappa shape index (κ1) is 16.9. The van der Waals surface area contributed by atoms with Crippen LogP contribution >= 0.6 is 22.9 Å². The summed E-state index contributed by atoms with van der Waals surface area (Å²) in [5, 5.41) is 3.17. The standard InChI is InChI=1S/C20H15ClFN3S/c1-25(11-13-5-3-2-4-6-13)18-17-16(14-7-9-15(22)10-8-14)12-26-19(17)24-20(21)23-18/h2-10,12H,11H2,1H3. The summed E-state index contributed by atoms with van der Waals surface area (Å²) in [6, 6.07) is 16.6. The highest BCUT2D eigenvalue weighted by atomic mass is 35.5.